The zero-order valence-corrected chi connectivity index (χ0v) is 23.7. The molecular weight excluding hydrogens is 570 g/mol. The predicted molar refractivity (Wildman–Crippen MR) is 152 cm³/mol. The number of hydrogen-bond donors (Lipinski definition) is 2. The number of carboxylic acids is 1. The van der Waals surface area contributed by atoms with Gasteiger partial charge < -0.3 is 43.2 Å². The third-order valence-corrected chi connectivity index (χ3v) is 7.02. The van der Waals surface area contributed by atoms with E-state index in [1.54, 1.807) is 22.8 Å². The molecule has 2 aromatic heterocycles. The first-order chi connectivity index (χ1) is 20.3. The monoisotopic (exact) mass is 595 g/mol. The Morgan fingerprint density at radius 1 is 0.857 bits per heavy atom. The standard InChI is InChI=1S/C28H25N3O10S/c1-36-15-6-7-16(20(10-15)40-13-22(32)33)23-24-19(11-21(37-2)25(38-3)26(24)39-4)31(27(23)41-28(34)35)12-14-5-8-17-18(9-14)30-42-29-17/h5-11H,12-13H2,1-4H3,(H,32,33)(H,34,35). The highest BCUT2D eigenvalue weighted by molar-refractivity contribution is 7.00. The van der Waals surface area contributed by atoms with Crippen molar-refractivity contribution in [3.05, 3.63) is 48.0 Å². The molecule has 2 heterocycles. The van der Waals surface area contributed by atoms with Gasteiger partial charge in [0.05, 0.1) is 63.2 Å². The van der Waals surface area contributed by atoms with Gasteiger partial charge in [0.15, 0.2) is 18.1 Å². The molecule has 3 aromatic carbocycles. The first kappa shape index (κ1) is 28.3. The van der Waals surface area contributed by atoms with Crippen LogP contribution in [0.2, 0.25) is 0 Å². The largest absolute Gasteiger partial charge is 0.512 e. The van der Waals surface area contributed by atoms with Crippen LogP contribution in [0, 0.1) is 0 Å². The van der Waals surface area contributed by atoms with Crippen molar-refractivity contribution in [2.24, 2.45) is 0 Å². The maximum absolute atomic E-state index is 12.1. The fourth-order valence-corrected chi connectivity index (χ4v) is 5.27. The molecule has 0 unspecified atom stereocenters. The van der Waals surface area contributed by atoms with Gasteiger partial charge in [-0.25, -0.2) is 9.59 Å². The molecule has 14 heteroatoms. The summed E-state index contributed by atoms with van der Waals surface area (Å²) in [5.41, 5.74) is 3.25. The molecule has 0 amide bonds. The van der Waals surface area contributed by atoms with Gasteiger partial charge in [0.2, 0.25) is 11.6 Å². The molecule has 5 rings (SSSR count). The first-order valence-electron chi connectivity index (χ1n) is 12.3. The van der Waals surface area contributed by atoms with Crippen LogP contribution in [0.4, 0.5) is 4.79 Å². The van der Waals surface area contributed by atoms with E-state index in [1.807, 2.05) is 18.2 Å². The lowest BCUT2D eigenvalue weighted by atomic mass is 10.0. The minimum atomic E-state index is -1.57. The van der Waals surface area contributed by atoms with E-state index in [0.717, 1.165) is 22.8 Å². The van der Waals surface area contributed by atoms with Gasteiger partial charge in [-0.1, -0.05) is 6.07 Å². The number of fused-ring (bicyclic) bond motifs is 2. The molecule has 218 valence electrons. The fraction of sp³-hybridized carbons (Fsp3) is 0.214. The van der Waals surface area contributed by atoms with E-state index in [9.17, 15) is 19.8 Å². The highest BCUT2D eigenvalue weighted by atomic mass is 32.1. The third kappa shape index (κ3) is 5.14. The predicted octanol–water partition coefficient (Wildman–Crippen LogP) is 4.92. The molecule has 0 bridgehead atoms. The minimum absolute atomic E-state index is 0.0760. The Morgan fingerprint density at radius 2 is 1.62 bits per heavy atom. The minimum Gasteiger partial charge on any atom is -0.497 e. The summed E-state index contributed by atoms with van der Waals surface area (Å²) in [4.78, 5) is 23.5. The van der Waals surface area contributed by atoms with Crippen LogP contribution < -0.4 is 28.4 Å². The number of ether oxygens (including phenoxy) is 6. The van der Waals surface area contributed by atoms with Crippen LogP contribution in [0.25, 0.3) is 33.1 Å². The van der Waals surface area contributed by atoms with Crippen molar-refractivity contribution in [3.63, 3.8) is 0 Å². The van der Waals surface area contributed by atoms with Crippen LogP contribution >= 0.6 is 11.7 Å². The maximum Gasteiger partial charge on any atom is 0.512 e. The number of rotatable bonds is 11. The summed E-state index contributed by atoms with van der Waals surface area (Å²) in [5.74, 6) is 0.0272. The summed E-state index contributed by atoms with van der Waals surface area (Å²) in [6.07, 6.45) is -1.57. The fourth-order valence-electron chi connectivity index (χ4n) is 4.75. The quantitative estimate of drug-likeness (QED) is 0.199. The molecule has 13 nitrogen and oxygen atoms in total. The maximum atomic E-state index is 12.1. The molecule has 0 saturated carbocycles. The molecule has 2 N–H and O–H groups in total. The van der Waals surface area contributed by atoms with E-state index >= 15 is 0 Å². The number of nitrogens with zero attached hydrogens (tertiary/aromatic N) is 3. The number of aliphatic carboxylic acids is 1. The van der Waals surface area contributed by atoms with Crippen LogP contribution in [0.5, 0.6) is 34.6 Å². The van der Waals surface area contributed by atoms with Crippen molar-refractivity contribution in [2.75, 3.05) is 35.0 Å². The topological polar surface area (TPSA) is 161 Å². The smallest absolute Gasteiger partial charge is 0.497 e. The number of carbonyl (C=O) groups is 2. The molecule has 0 aliphatic heterocycles. The van der Waals surface area contributed by atoms with Crippen molar-refractivity contribution in [1.82, 2.24) is 13.3 Å². The lowest BCUT2D eigenvalue weighted by molar-refractivity contribution is -0.139. The van der Waals surface area contributed by atoms with Crippen LogP contribution in [-0.2, 0) is 11.3 Å². The molecule has 0 aliphatic carbocycles. The van der Waals surface area contributed by atoms with Gasteiger partial charge in [0.1, 0.15) is 22.5 Å². The van der Waals surface area contributed by atoms with Gasteiger partial charge >= 0.3 is 12.1 Å². The Kier molecular flexibility index (Phi) is 7.88. The van der Waals surface area contributed by atoms with Crippen LogP contribution in [-0.4, -0.2) is 70.7 Å². The number of aromatic nitrogens is 3. The Morgan fingerprint density at radius 3 is 2.29 bits per heavy atom. The SMILES string of the molecule is COc1ccc(-c2c(OC(=O)O)n(Cc3ccc4nsnc4c3)c3cc(OC)c(OC)c(OC)c23)c(OCC(=O)O)c1. The lowest BCUT2D eigenvalue weighted by Crippen LogP contribution is -2.11. The van der Waals surface area contributed by atoms with E-state index < -0.39 is 18.7 Å². The molecule has 0 aliphatic rings. The van der Waals surface area contributed by atoms with Crippen molar-refractivity contribution >= 4 is 45.8 Å². The Bertz CT molecular complexity index is 1810. The Hall–Kier alpha value is -5.24. The van der Waals surface area contributed by atoms with Crippen LogP contribution in [0.15, 0.2) is 42.5 Å². The molecule has 0 fully saturated rings. The van der Waals surface area contributed by atoms with Gasteiger partial charge in [-0.05, 0) is 29.8 Å². The third-order valence-electron chi connectivity index (χ3n) is 6.46. The summed E-state index contributed by atoms with van der Waals surface area (Å²) in [6, 6.07) is 12.0. The highest BCUT2D eigenvalue weighted by Crippen LogP contribution is 2.53. The Labute approximate surface area is 242 Å². The molecule has 0 radical (unpaired) electrons. The first-order valence-corrected chi connectivity index (χ1v) is 13.0. The highest BCUT2D eigenvalue weighted by Gasteiger charge is 2.31. The van der Waals surface area contributed by atoms with Crippen molar-refractivity contribution in [3.8, 4) is 45.8 Å². The second-order valence-corrected chi connectivity index (χ2v) is 9.33. The second-order valence-electron chi connectivity index (χ2n) is 8.81. The van der Waals surface area contributed by atoms with Gasteiger partial charge in [0, 0.05) is 17.7 Å². The van der Waals surface area contributed by atoms with Crippen molar-refractivity contribution < 1.29 is 48.2 Å². The summed E-state index contributed by atoms with van der Waals surface area (Å²) in [6.45, 7) is -0.517. The number of methoxy groups -OCH3 is 4. The summed E-state index contributed by atoms with van der Waals surface area (Å²) >= 11 is 1.09. The Balaban J connectivity index is 1.89. The molecule has 0 saturated heterocycles. The molecule has 5 aromatic rings. The van der Waals surface area contributed by atoms with E-state index in [-0.39, 0.29) is 35.2 Å². The lowest BCUT2D eigenvalue weighted by Gasteiger charge is -2.16. The van der Waals surface area contributed by atoms with Crippen LogP contribution in [0.1, 0.15) is 5.56 Å². The second kappa shape index (κ2) is 11.7. The van der Waals surface area contributed by atoms with E-state index in [1.165, 1.54) is 34.5 Å². The zero-order valence-electron chi connectivity index (χ0n) is 22.9. The van der Waals surface area contributed by atoms with E-state index in [4.69, 9.17) is 28.4 Å². The van der Waals surface area contributed by atoms with E-state index in [2.05, 4.69) is 8.75 Å². The average Bonchev–Trinajstić information content (AvgIpc) is 3.56. The molecule has 0 spiro atoms. The van der Waals surface area contributed by atoms with E-state index in [0.29, 0.717) is 33.5 Å². The zero-order chi connectivity index (χ0) is 30.0. The number of hydrogen-bond acceptors (Lipinski definition) is 11. The van der Waals surface area contributed by atoms with Crippen molar-refractivity contribution in [1.29, 1.82) is 0 Å². The summed E-state index contributed by atoms with van der Waals surface area (Å²) in [5, 5.41) is 19.6. The average molecular weight is 596 g/mol. The number of carboxylic acid groups (broad SMARTS) is 2. The summed E-state index contributed by atoms with van der Waals surface area (Å²) < 4.78 is 43.7. The van der Waals surface area contributed by atoms with Gasteiger partial charge in [-0.2, -0.15) is 8.75 Å². The summed E-state index contributed by atoms with van der Waals surface area (Å²) in [7, 11) is 5.81. The van der Waals surface area contributed by atoms with Gasteiger partial charge in [-0.3, -0.25) is 0 Å². The number of benzene rings is 3. The molecule has 42 heavy (non-hydrogen) atoms. The molecule has 0 atom stereocenters. The van der Waals surface area contributed by atoms with Gasteiger partial charge in [-0.15, -0.1) is 0 Å². The molecular formula is C28H25N3O10S. The normalized spacial score (nSPS) is 11.0. The van der Waals surface area contributed by atoms with Crippen molar-refractivity contribution in [2.45, 2.75) is 6.54 Å². The van der Waals surface area contributed by atoms with Gasteiger partial charge in [0.25, 0.3) is 0 Å². The van der Waals surface area contributed by atoms with Crippen LogP contribution in [0.3, 0.4) is 0 Å².